The second-order valence-corrected chi connectivity index (χ2v) is 9.84. The molecule has 0 bridgehead atoms. The number of benzene rings is 1. The van der Waals surface area contributed by atoms with Crippen molar-refractivity contribution in [2.75, 3.05) is 32.7 Å². The molecular weight excluding hydrogens is 476 g/mol. The lowest BCUT2D eigenvalue weighted by Crippen LogP contribution is -2.48. The summed E-state index contributed by atoms with van der Waals surface area (Å²) in [7, 11) is 5.37. The summed E-state index contributed by atoms with van der Waals surface area (Å²) in [6, 6.07) is 6.90. The second-order valence-electron chi connectivity index (χ2n) is 9.84. The Morgan fingerprint density at radius 3 is 2.57 bits per heavy atom. The Morgan fingerprint density at radius 2 is 1.92 bits per heavy atom. The number of ether oxygens (including phenoxy) is 3. The highest BCUT2D eigenvalue weighted by Gasteiger charge is 2.46. The normalized spacial score (nSPS) is 22.4. The third kappa shape index (κ3) is 5.84. The fourth-order valence-corrected chi connectivity index (χ4v) is 4.43. The van der Waals surface area contributed by atoms with E-state index in [9.17, 15) is 9.90 Å². The van der Waals surface area contributed by atoms with Crippen LogP contribution in [0.2, 0.25) is 0 Å². The molecule has 4 rings (SSSR count). The molecule has 1 fully saturated rings. The van der Waals surface area contributed by atoms with Crippen LogP contribution >= 0.6 is 0 Å². The highest BCUT2D eigenvalue weighted by molar-refractivity contribution is 5.83. The number of carbonyl (C=O) groups is 1. The van der Waals surface area contributed by atoms with E-state index in [0.29, 0.717) is 23.4 Å². The van der Waals surface area contributed by atoms with E-state index < -0.39 is 24.5 Å². The van der Waals surface area contributed by atoms with E-state index in [1.165, 1.54) is 6.33 Å². The summed E-state index contributed by atoms with van der Waals surface area (Å²) in [5, 5.41) is 14.2. The summed E-state index contributed by atoms with van der Waals surface area (Å²) >= 11 is 0. The standard InChI is InChI=1S/C26H36N6O5/c1-15(2)36-12-19-22(33)20(30-25(34)16(3)11-17-7-9-18(35-6)10-8-17)26(37-19)32-14-29-21-23(31(4)5)27-13-28-24(21)32/h7-10,13-16,19-20,22,26,33H,11-12H2,1-6H3,(H,30,34)/t16-,19+,20+,22+,26+/m0/s1. The van der Waals surface area contributed by atoms with Crippen molar-refractivity contribution in [1.29, 1.82) is 0 Å². The number of aromatic nitrogens is 4. The van der Waals surface area contributed by atoms with Gasteiger partial charge in [-0.15, -0.1) is 0 Å². The zero-order valence-corrected chi connectivity index (χ0v) is 22.2. The number of rotatable bonds is 10. The number of nitrogens with zero attached hydrogens (tertiary/aromatic N) is 5. The molecule has 3 aromatic rings. The Bertz CT molecular complexity index is 1200. The molecule has 0 radical (unpaired) electrons. The van der Waals surface area contributed by atoms with Crippen LogP contribution in [0.1, 0.15) is 32.6 Å². The van der Waals surface area contributed by atoms with Gasteiger partial charge in [-0.1, -0.05) is 19.1 Å². The molecule has 37 heavy (non-hydrogen) atoms. The average molecular weight is 513 g/mol. The lowest BCUT2D eigenvalue weighted by Gasteiger charge is -2.24. The van der Waals surface area contributed by atoms with Crippen LogP contribution < -0.4 is 15.0 Å². The van der Waals surface area contributed by atoms with Crippen LogP contribution in [0.15, 0.2) is 36.9 Å². The highest BCUT2D eigenvalue weighted by atomic mass is 16.6. The predicted molar refractivity (Wildman–Crippen MR) is 138 cm³/mol. The number of methoxy groups -OCH3 is 1. The van der Waals surface area contributed by atoms with Crippen molar-refractivity contribution >= 4 is 22.9 Å². The van der Waals surface area contributed by atoms with Crippen LogP contribution in [0, 0.1) is 5.92 Å². The predicted octanol–water partition coefficient (Wildman–Crippen LogP) is 1.95. The van der Waals surface area contributed by atoms with Gasteiger partial charge in [-0.05, 0) is 38.0 Å². The number of nitrogens with one attached hydrogen (secondary N) is 1. The Labute approximate surface area is 216 Å². The molecule has 11 nitrogen and oxygen atoms in total. The minimum Gasteiger partial charge on any atom is -0.497 e. The van der Waals surface area contributed by atoms with Gasteiger partial charge in [-0.25, -0.2) is 15.0 Å². The van der Waals surface area contributed by atoms with Crippen molar-refractivity contribution in [3.05, 3.63) is 42.5 Å². The molecule has 0 saturated carbocycles. The Hall–Kier alpha value is -3.28. The molecule has 2 N–H and O–H groups in total. The maximum Gasteiger partial charge on any atom is 0.223 e. The fourth-order valence-electron chi connectivity index (χ4n) is 4.43. The minimum atomic E-state index is -0.992. The van der Waals surface area contributed by atoms with Gasteiger partial charge in [0.25, 0.3) is 0 Å². The van der Waals surface area contributed by atoms with Gasteiger partial charge in [-0.3, -0.25) is 9.36 Å². The van der Waals surface area contributed by atoms with Crippen LogP contribution in [0.5, 0.6) is 5.75 Å². The van der Waals surface area contributed by atoms with Crippen molar-refractivity contribution in [3.63, 3.8) is 0 Å². The lowest BCUT2D eigenvalue weighted by molar-refractivity contribution is -0.126. The molecule has 1 aliphatic heterocycles. The summed E-state index contributed by atoms with van der Waals surface area (Å²) in [6.07, 6.45) is 1.22. The molecule has 1 aliphatic rings. The zero-order chi connectivity index (χ0) is 26.7. The van der Waals surface area contributed by atoms with E-state index in [-0.39, 0.29) is 24.5 Å². The first-order chi connectivity index (χ1) is 17.7. The molecule has 0 aliphatic carbocycles. The van der Waals surface area contributed by atoms with Crippen molar-refractivity contribution < 1.29 is 24.1 Å². The highest BCUT2D eigenvalue weighted by Crippen LogP contribution is 2.33. The monoisotopic (exact) mass is 512 g/mol. The molecule has 0 spiro atoms. The van der Waals surface area contributed by atoms with Gasteiger partial charge < -0.3 is 29.5 Å². The zero-order valence-electron chi connectivity index (χ0n) is 22.2. The first kappa shape index (κ1) is 26.8. The Balaban J connectivity index is 1.57. The summed E-state index contributed by atoms with van der Waals surface area (Å²) in [6.45, 7) is 5.89. The molecule has 2 aromatic heterocycles. The molecular formula is C26H36N6O5. The number of imidazole rings is 1. The van der Waals surface area contributed by atoms with Crippen LogP contribution in [-0.4, -0.2) is 82.7 Å². The SMILES string of the molecule is COc1ccc(C[C@H](C)C(=O)N[C@@H]2[C@H](O)[C@@H](COC(C)C)O[C@H]2n2cnc3c(N(C)C)ncnc32)cc1. The van der Waals surface area contributed by atoms with Gasteiger partial charge >= 0.3 is 0 Å². The molecule has 1 aromatic carbocycles. The van der Waals surface area contributed by atoms with Gasteiger partial charge in [0.1, 0.15) is 30.3 Å². The number of carbonyl (C=O) groups excluding carboxylic acids is 1. The quantitative estimate of drug-likeness (QED) is 0.419. The molecule has 5 atom stereocenters. The number of anilines is 1. The van der Waals surface area contributed by atoms with Crippen molar-refractivity contribution in [2.45, 2.75) is 57.8 Å². The number of hydrogen-bond acceptors (Lipinski definition) is 9. The van der Waals surface area contributed by atoms with Crippen molar-refractivity contribution in [3.8, 4) is 5.75 Å². The number of aliphatic hydroxyl groups is 1. The largest absolute Gasteiger partial charge is 0.497 e. The van der Waals surface area contributed by atoms with Gasteiger partial charge in [-0.2, -0.15) is 0 Å². The summed E-state index contributed by atoms with van der Waals surface area (Å²) < 4.78 is 18.9. The van der Waals surface area contributed by atoms with Gasteiger partial charge in [0, 0.05) is 20.0 Å². The third-order valence-corrected chi connectivity index (χ3v) is 6.46. The fraction of sp³-hybridized carbons (Fsp3) is 0.538. The summed E-state index contributed by atoms with van der Waals surface area (Å²) in [5.41, 5.74) is 2.16. The number of amides is 1. The molecule has 3 heterocycles. The maximum absolute atomic E-state index is 13.3. The first-order valence-corrected chi connectivity index (χ1v) is 12.4. The van der Waals surface area contributed by atoms with Crippen LogP contribution in [-0.2, 0) is 20.7 Å². The lowest BCUT2D eigenvalue weighted by atomic mass is 9.99. The van der Waals surface area contributed by atoms with E-state index in [1.807, 2.05) is 64.0 Å². The van der Waals surface area contributed by atoms with E-state index >= 15 is 0 Å². The van der Waals surface area contributed by atoms with Crippen LogP contribution in [0.4, 0.5) is 5.82 Å². The molecule has 11 heteroatoms. The van der Waals surface area contributed by atoms with Gasteiger partial charge in [0.2, 0.25) is 5.91 Å². The maximum atomic E-state index is 13.3. The van der Waals surface area contributed by atoms with E-state index in [0.717, 1.165) is 11.3 Å². The summed E-state index contributed by atoms with van der Waals surface area (Å²) in [5.74, 6) is 0.899. The number of aliphatic hydroxyl groups excluding tert-OH is 1. The molecule has 1 saturated heterocycles. The van der Waals surface area contributed by atoms with Crippen molar-refractivity contribution in [1.82, 2.24) is 24.8 Å². The summed E-state index contributed by atoms with van der Waals surface area (Å²) in [4.78, 5) is 28.4. The first-order valence-electron chi connectivity index (χ1n) is 12.4. The molecule has 1 amide bonds. The average Bonchev–Trinajstić information content (AvgIpc) is 3.44. The van der Waals surface area contributed by atoms with E-state index in [1.54, 1.807) is 18.0 Å². The van der Waals surface area contributed by atoms with Crippen LogP contribution in [0.3, 0.4) is 0 Å². The van der Waals surface area contributed by atoms with Crippen molar-refractivity contribution in [2.24, 2.45) is 5.92 Å². The van der Waals surface area contributed by atoms with Gasteiger partial charge in [0.15, 0.2) is 23.2 Å². The topological polar surface area (TPSA) is 124 Å². The molecule has 0 unspecified atom stereocenters. The van der Waals surface area contributed by atoms with Crippen LogP contribution in [0.25, 0.3) is 11.2 Å². The van der Waals surface area contributed by atoms with E-state index in [2.05, 4.69) is 20.3 Å². The Kier molecular flexibility index (Phi) is 8.25. The van der Waals surface area contributed by atoms with E-state index in [4.69, 9.17) is 14.2 Å². The third-order valence-electron chi connectivity index (χ3n) is 6.46. The smallest absolute Gasteiger partial charge is 0.223 e. The molecule has 200 valence electrons. The number of hydrogen-bond donors (Lipinski definition) is 2. The Morgan fingerprint density at radius 1 is 1.19 bits per heavy atom. The minimum absolute atomic E-state index is 0.0307. The van der Waals surface area contributed by atoms with Gasteiger partial charge in [0.05, 0.1) is 26.1 Å². The number of fused-ring (bicyclic) bond motifs is 1. The second kappa shape index (κ2) is 11.4.